The Hall–Kier alpha value is -1.29. The minimum atomic E-state index is -4.47. The van der Waals surface area contributed by atoms with Crippen molar-refractivity contribution >= 4 is 7.82 Å². The summed E-state index contributed by atoms with van der Waals surface area (Å²) >= 11 is 0. The molecule has 2 fully saturated rings. The first kappa shape index (κ1) is 13.7. The monoisotopic (exact) mass is 305 g/mol. The van der Waals surface area contributed by atoms with E-state index in [-0.39, 0.29) is 6.61 Å². The molecule has 0 bridgehead atoms. The summed E-state index contributed by atoms with van der Waals surface area (Å²) in [6.45, 7) is -0.308. The van der Waals surface area contributed by atoms with Crippen molar-refractivity contribution in [2.75, 3.05) is 6.61 Å². The highest BCUT2D eigenvalue weighted by atomic mass is 31.2. The molecule has 1 aromatic rings. The first-order chi connectivity index (χ1) is 9.37. The molecule has 3 heterocycles. The maximum Gasteiger partial charge on any atom is 0.330 e. The van der Waals surface area contributed by atoms with Gasteiger partial charge in [-0.1, -0.05) is 0 Å². The smallest absolute Gasteiger partial charge is 0.330 e. The molecule has 0 amide bonds. The predicted molar refractivity (Wildman–Crippen MR) is 59.7 cm³/mol. The number of nitrogens with one attached hydrogen (secondary N) is 1. The topological polar surface area (TPSA) is 143 Å². The molecule has 0 saturated carbocycles. The van der Waals surface area contributed by atoms with Gasteiger partial charge >= 0.3 is 5.69 Å². The maximum atomic E-state index is 11.6. The van der Waals surface area contributed by atoms with E-state index in [9.17, 15) is 24.2 Å². The van der Waals surface area contributed by atoms with Crippen molar-refractivity contribution < 1.29 is 28.3 Å². The van der Waals surface area contributed by atoms with E-state index in [0.717, 1.165) is 16.8 Å². The lowest BCUT2D eigenvalue weighted by molar-refractivity contribution is -0.245. The number of nitrogens with zero attached hydrogens (tertiary/aromatic N) is 1. The predicted octanol–water partition coefficient (Wildman–Crippen LogP) is -2.32. The Balaban J connectivity index is 1.92. The molecule has 20 heavy (non-hydrogen) atoms. The number of aromatic amines is 1. The van der Waals surface area contributed by atoms with Gasteiger partial charge in [-0.2, -0.15) is 0 Å². The fraction of sp³-hybridized carbons (Fsp3) is 0.556. The van der Waals surface area contributed by atoms with Crippen LogP contribution in [0.2, 0.25) is 0 Å². The number of ether oxygens (including phenoxy) is 1. The van der Waals surface area contributed by atoms with Gasteiger partial charge in [0.25, 0.3) is 13.4 Å². The van der Waals surface area contributed by atoms with Crippen LogP contribution in [0.25, 0.3) is 0 Å². The zero-order chi connectivity index (χ0) is 14.5. The zero-order valence-corrected chi connectivity index (χ0v) is 10.8. The molecule has 1 unspecified atom stereocenters. The lowest BCUT2D eigenvalue weighted by Crippen LogP contribution is -2.41. The van der Waals surface area contributed by atoms with Crippen molar-refractivity contribution in [3.63, 3.8) is 0 Å². The van der Waals surface area contributed by atoms with E-state index in [1.807, 2.05) is 4.98 Å². The molecule has 2 aliphatic heterocycles. The number of phosphoric ester groups is 1. The van der Waals surface area contributed by atoms with Crippen LogP contribution in [-0.4, -0.2) is 39.6 Å². The fourth-order valence-electron chi connectivity index (χ4n) is 2.19. The fourth-order valence-corrected chi connectivity index (χ4v) is 3.13. The van der Waals surface area contributed by atoms with Gasteiger partial charge in [0.15, 0.2) is 6.23 Å². The van der Waals surface area contributed by atoms with E-state index in [4.69, 9.17) is 4.74 Å². The SMILES string of the molecule is O=c1ccn([C@@H]2O[C@@H]3COP(=O)([O-])O[C@H]3[C@H]2O)c(=O)[nH]1. The van der Waals surface area contributed by atoms with Gasteiger partial charge in [-0.05, 0) is 0 Å². The first-order valence-electron chi connectivity index (χ1n) is 5.66. The zero-order valence-electron chi connectivity index (χ0n) is 9.87. The van der Waals surface area contributed by atoms with Crippen molar-refractivity contribution in [2.45, 2.75) is 24.5 Å². The van der Waals surface area contributed by atoms with Crippen molar-refractivity contribution in [3.8, 4) is 0 Å². The summed E-state index contributed by atoms with van der Waals surface area (Å²) in [5.41, 5.74) is -1.38. The Morgan fingerprint density at radius 1 is 1.50 bits per heavy atom. The molecule has 5 atom stereocenters. The summed E-state index contributed by atoms with van der Waals surface area (Å²) in [5, 5.41) is 10.0. The third-order valence-corrected chi connectivity index (χ3v) is 4.05. The average molecular weight is 305 g/mol. The third-order valence-electron chi connectivity index (χ3n) is 3.08. The molecule has 1 aromatic heterocycles. The van der Waals surface area contributed by atoms with Gasteiger partial charge in [-0.25, -0.2) is 4.79 Å². The number of aliphatic hydroxyl groups is 1. The van der Waals surface area contributed by atoms with E-state index < -0.39 is 43.6 Å². The summed E-state index contributed by atoms with van der Waals surface area (Å²) in [4.78, 5) is 35.8. The van der Waals surface area contributed by atoms with Crippen molar-refractivity contribution in [3.05, 3.63) is 33.1 Å². The second kappa shape index (κ2) is 4.62. The van der Waals surface area contributed by atoms with Crippen LogP contribution in [0.1, 0.15) is 6.23 Å². The molecular formula is C9H10N2O8P-. The van der Waals surface area contributed by atoms with E-state index in [1.165, 1.54) is 0 Å². The molecule has 2 N–H and O–H groups in total. The van der Waals surface area contributed by atoms with Crippen molar-refractivity contribution in [1.29, 1.82) is 0 Å². The van der Waals surface area contributed by atoms with Gasteiger partial charge in [0, 0.05) is 12.3 Å². The number of fused-ring (bicyclic) bond motifs is 1. The molecule has 0 aliphatic carbocycles. The number of H-pyrrole nitrogens is 1. The molecule has 0 radical (unpaired) electrons. The third kappa shape index (κ3) is 2.26. The molecule has 2 saturated heterocycles. The molecule has 10 nitrogen and oxygen atoms in total. The average Bonchev–Trinajstić information content (AvgIpc) is 2.66. The Bertz CT molecular complexity index is 683. The van der Waals surface area contributed by atoms with Crippen LogP contribution in [0.4, 0.5) is 0 Å². The largest absolute Gasteiger partial charge is 0.756 e. The highest BCUT2D eigenvalue weighted by Crippen LogP contribution is 2.49. The highest BCUT2D eigenvalue weighted by Gasteiger charge is 2.50. The van der Waals surface area contributed by atoms with Crippen LogP contribution in [0.5, 0.6) is 0 Å². The molecule has 110 valence electrons. The number of hydrogen-bond donors (Lipinski definition) is 2. The second-order valence-corrected chi connectivity index (χ2v) is 5.75. The molecule has 11 heteroatoms. The van der Waals surface area contributed by atoms with Crippen LogP contribution < -0.4 is 16.1 Å². The van der Waals surface area contributed by atoms with E-state index in [0.29, 0.717) is 0 Å². The highest BCUT2D eigenvalue weighted by molar-refractivity contribution is 7.45. The Morgan fingerprint density at radius 3 is 2.95 bits per heavy atom. The molecular weight excluding hydrogens is 295 g/mol. The Labute approximate surface area is 111 Å². The molecule has 0 spiro atoms. The number of hydrogen-bond acceptors (Lipinski definition) is 8. The minimum absolute atomic E-state index is 0.308. The summed E-state index contributed by atoms with van der Waals surface area (Å²) in [5.74, 6) is 0. The van der Waals surface area contributed by atoms with Gasteiger partial charge < -0.3 is 23.8 Å². The first-order valence-corrected chi connectivity index (χ1v) is 7.12. The summed E-state index contributed by atoms with van der Waals surface area (Å²) in [6.07, 6.45) is -3.41. The molecule has 0 aromatic carbocycles. The normalized spacial score (nSPS) is 40.5. The van der Waals surface area contributed by atoms with Gasteiger partial charge in [0.1, 0.15) is 18.3 Å². The summed E-state index contributed by atoms with van der Waals surface area (Å²) in [7, 11) is -4.47. The Morgan fingerprint density at radius 2 is 2.25 bits per heavy atom. The van der Waals surface area contributed by atoms with E-state index in [2.05, 4.69) is 9.05 Å². The number of aliphatic hydroxyl groups excluding tert-OH is 1. The Kier molecular flexibility index (Phi) is 3.16. The quantitative estimate of drug-likeness (QED) is 0.550. The summed E-state index contributed by atoms with van der Waals surface area (Å²) in [6, 6.07) is 1.08. The van der Waals surface area contributed by atoms with Crippen molar-refractivity contribution in [1.82, 2.24) is 9.55 Å². The van der Waals surface area contributed by atoms with Crippen LogP contribution in [0.3, 0.4) is 0 Å². The number of rotatable bonds is 1. The van der Waals surface area contributed by atoms with Gasteiger partial charge in [-0.3, -0.25) is 18.9 Å². The van der Waals surface area contributed by atoms with E-state index in [1.54, 1.807) is 0 Å². The lowest BCUT2D eigenvalue weighted by atomic mass is 10.1. The van der Waals surface area contributed by atoms with Gasteiger partial charge in [0.05, 0.1) is 6.61 Å². The van der Waals surface area contributed by atoms with Crippen molar-refractivity contribution in [2.24, 2.45) is 0 Å². The van der Waals surface area contributed by atoms with Crippen LogP contribution in [0.15, 0.2) is 21.9 Å². The van der Waals surface area contributed by atoms with Crippen LogP contribution in [-0.2, 0) is 18.3 Å². The maximum absolute atomic E-state index is 11.6. The van der Waals surface area contributed by atoms with Gasteiger partial charge in [0.2, 0.25) is 0 Å². The second-order valence-electron chi connectivity index (χ2n) is 4.39. The standard InChI is InChI=1S/C9H11N2O8P/c12-5-1-2-11(9(14)10-5)8-6(13)7-4(18-8)3-17-20(15,16)19-7/h1-2,4,6-8,13H,3H2,(H,15,16)(H,10,12,14)/p-1/t4-,6-,7-,8-/m1/s1. The number of phosphoric acid groups is 1. The molecule has 2 aliphatic rings. The van der Waals surface area contributed by atoms with Crippen LogP contribution in [0, 0.1) is 0 Å². The minimum Gasteiger partial charge on any atom is -0.756 e. The summed E-state index contributed by atoms with van der Waals surface area (Å²) < 4.78 is 26.6. The van der Waals surface area contributed by atoms with Crippen LogP contribution >= 0.6 is 7.82 Å². The lowest BCUT2D eigenvalue weighted by Gasteiger charge is -2.34. The molecule has 3 rings (SSSR count). The number of aromatic nitrogens is 2. The van der Waals surface area contributed by atoms with E-state index >= 15 is 0 Å². The van der Waals surface area contributed by atoms with Gasteiger partial charge in [-0.15, -0.1) is 0 Å².